The second kappa shape index (κ2) is 8.08. The number of dihydropyridines is 1. The Labute approximate surface area is 177 Å². The van der Waals surface area contributed by atoms with Gasteiger partial charge < -0.3 is 20.1 Å². The standard InChI is InChI=1S/C22H19ClF2N2O3/c1-30-19-7-12(11-28)5-6-13(19)9-27-10-18-20(22(27)29)14(23)8-17(26-18)21-15(24)3-2-4-16(21)25/h2-8,17,26,28H,9-11H2,1H3. The fourth-order valence-electron chi connectivity index (χ4n) is 3.77. The van der Waals surface area contributed by atoms with Crippen molar-refractivity contribution in [2.24, 2.45) is 0 Å². The fourth-order valence-corrected chi connectivity index (χ4v) is 4.09. The maximum absolute atomic E-state index is 14.2. The molecule has 0 saturated heterocycles. The SMILES string of the molecule is COc1cc(CO)ccc1CN1CC2=C(C1=O)C(Cl)=CC(c1c(F)cccc1F)N2. The number of hydrogen-bond donors (Lipinski definition) is 2. The first-order chi connectivity index (χ1) is 14.4. The number of ether oxygens (including phenoxy) is 1. The average molecular weight is 433 g/mol. The van der Waals surface area contributed by atoms with E-state index in [2.05, 4.69) is 5.32 Å². The zero-order valence-electron chi connectivity index (χ0n) is 16.1. The Balaban J connectivity index is 1.58. The Morgan fingerprint density at radius 3 is 2.67 bits per heavy atom. The number of methoxy groups -OCH3 is 1. The highest BCUT2D eigenvalue weighted by atomic mass is 35.5. The lowest BCUT2D eigenvalue weighted by Gasteiger charge is -2.23. The summed E-state index contributed by atoms with van der Waals surface area (Å²) in [4.78, 5) is 14.5. The van der Waals surface area contributed by atoms with Crippen LogP contribution in [0, 0.1) is 11.6 Å². The number of nitrogens with one attached hydrogen (secondary N) is 1. The number of hydrogen-bond acceptors (Lipinski definition) is 4. The molecule has 2 aromatic carbocycles. The van der Waals surface area contributed by atoms with Gasteiger partial charge in [0, 0.05) is 16.8 Å². The predicted octanol–water partition coefficient (Wildman–Crippen LogP) is 3.53. The summed E-state index contributed by atoms with van der Waals surface area (Å²) in [5.74, 6) is -1.10. The van der Waals surface area contributed by atoms with Gasteiger partial charge in [0.25, 0.3) is 5.91 Å². The van der Waals surface area contributed by atoms with Gasteiger partial charge in [-0.1, -0.05) is 29.8 Å². The summed E-state index contributed by atoms with van der Waals surface area (Å²) in [7, 11) is 1.52. The van der Waals surface area contributed by atoms with Crippen molar-refractivity contribution in [3.8, 4) is 5.75 Å². The molecule has 0 aliphatic carbocycles. The molecule has 8 heteroatoms. The number of rotatable bonds is 5. The molecule has 0 fully saturated rings. The third-order valence-corrected chi connectivity index (χ3v) is 5.55. The second-order valence-electron chi connectivity index (χ2n) is 7.09. The normalized spacial score (nSPS) is 18.3. The lowest BCUT2D eigenvalue weighted by molar-refractivity contribution is -0.125. The van der Waals surface area contributed by atoms with Crippen LogP contribution in [0.4, 0.5) is 8.78 Å². The Hall–Kier alpha value is -2.90. The van der Waals surface area contributed by atoms with Crippen molar-refractivity contribution in [3.05, 3.63) is 87.1 Å². The summed E-state index contributed by atoms with van der Waals surface area (Å²) in [6.45, 7) is 0.356. The minimum atomic E-state index is -0.816. The number of halogens is 3. The largest absolute Gasteiger partial charge is 0.496 e. The molecule has 0 spiro atoms. The van der Waals surface area contributed by atoms with E-state index in [0.29, 0.717) is 22.6 Å². The van der Waals surface area contributed by atoms with Gasteiger partial charge in [-0.2, -0.15) is 0 Å². The van der Waals surface area contributed by atoms with E-state index >= 15 is 0 Å². The van der Waals surface area contributed by atoms with Crippen LogP contribution in [0.2, 0.25) is 0 Å². The topological polar surface area (TPSA) is 61.8 Å². The lowest BCUT2D eigenvalue weighted by Crippen LogP contribution is -2.28. The van der Waals surface area contributed by atoms with Crippen molar-refractivity contribution in [2.45, 2.75) is 19.2 Å². The quantitative estimate of drug-likeness (QED) is 0.758. The highest BCUT2D eigenvalue weighted by Gasteiger charge is 2.37. The fraction of sp³-hybridized carbons (Fsp3) is 0.227. The number of nitrogens with zero attached hydrogens (tertiary/aromatic N) is 1. The molecule has 0 saturated carbocycles. The maximum atomic E-state index is 14.2. The zero-order chi connectivity index (χ0) is 21.4. The lowest BCUT2D eigenvalue weighted by atomic mass is 10.00. The van der Waals surface area contributed by atoms with Crippen molar-refractivity contribution in [3.63, 3.8) is 0 Å². The van der Waals surface area contributed by atoms with Crippen molar-refractivity contribution < 1.29 is 23.4 Å². The molecule has 2 heterocycles. The smallest absolute Gasteiger partial charge is 0.257 e. The third-order valence-electron chi connectivity index (χ3n) is 5.24. The van der Waals surface area contributed by atoms with Crippen molar-refractivity contribution in [1.29, 1.82) is 0 Å². The first kappa shape index (κ1) is 20.4. The van der Waals surface area contributed by atoms with E-state index in [1.165, 1.54) is 31.4 Å². The van der Waals surface area contributed by atoms with Crippen molar-refractivity contribution in [2.75, 3.05) is 13.7 Å². The van der Waals surface area contributed by atoms with Gasteiger partial charge in [0.15, 0.2) is 0 Å². The zero-order valence-corrected chi connectivity index (χ0v) is 16.8. The number of aliphatic hydroxyl groups excluding tert-OH is 1. The monoisotopic (exact) mass is 432 g/mol. The summed E-state index contributed by atoms with van der Waals surface area (Å²) < 4.78 is 33.8. The molecule has 0 radical (unpaired) electrons. The average Bonchev–Trinajstić information content (AvgIpc) is 3.04. The van der Waals surface area contributed by atoms with Crippen LogP contribution in [-0.2, 0) is 17.9 Å². The Bertz CT molecular complexity index is 1060. The molecule has 2 aromatic rings. The molecule has 1 amide bonds. The van der Waals surface area contributed by atoms with Gasteiger partial charge in [0.1, 0.15) is 17.4 Å². The van der Waals surface area contributed by atoms with E-state index in [1.54, 1.807) is 23.1 Å². The van der Waals surface area contributed by atoms with Crippen LogP contribution in [0.1, 0.15) is 22.7 Å². The van der Waals surface area contributed by atoms with Gasteiger partial charge in [0.2, 0.25) is 0 Å². The molecule has 4 rings (SSSR count). The van der Waals surface area contributed by atoms with Gasteiger partial charge >= 0.3 is 0 Å². The number of benzene rings is 2. The van der Waals surface area contributed by atoms with E-state index in [9.17, 15) is 18.7 Å². The molecule has 0 bridgehead atoms. The first-order valence-corrected chi connectivity index (χ1v) is 9.68. The van der Waals surface area contributed by atoms with Crippen molar-refractivity contribution in [1.82, 2.24) is 10.2 Å². The molecule has 156 valence electrons. The number of carbonyl (C=O) groups excluding carboxylic acids is 1. The molecule has 2 aliphatic rings. The molecule has 1 unspecified atom stereocenters. The van der Waals surface area contributed by atoms with E-state index < -0.39 is 17.7 Å². The molecule has 0 aromatic heterocycles. The number of aliphatic hydroxyl groups is 1. The van der Waals surface area contributed by atoms with Gasteiger partial charge in [0.05, 0.1) is 43.5 Å². The highest BCUT2D eigenvalue weighted by Crippen LogP contribution is 2.37. The van der Waals surface area contributed by atoms with Crippen LogP contribution in [-0.4, -0.2) is 29.6 Å². The summed E-state index contributed by atoms with van der Waals surface area (Å²) in [6.07, 6.45) is 1.44. The second-order valence-corrected chi connectivity index (χ2v) is 7.50. The summed E-state index contributed by atoms with van der Waals surface area (Å²) in [6, 6.07) is 8.10. The summed E-state index contributed by atoms with van der Waals surface area (Å²) in [5, 5.41) is 12.5. The van der Waals surface area contributed by atoms with Gasteiger partial charge in [-0.25, -0.2) is 8.78 Å². The van der Waals surface area contributed by atoms with E-state index in [1.807, 2.05) is 0 Å². The number of amides is 1. The molecular weight excluding hydrogens is 414 g/mol. The van der Waals surface area contributed by atoms with Crippen LogP contribution in [0.15, 0.2) is 58.8 Å². The minimum Gasteiger partial charge on any atom is -0.496 e. The number of carbonyl (C=O) groups is 1. The van der Waals surface area contributed by atoms with Crippen LogP contribution in [0.3, 0.4) is 0 Å². The van der Waals surface area contributed by atoms with E-state index in [4.69, 9.17) is 16.3 Å². The molecule has 1 atom stereocenters. The van der Waals surface area contributed by atoms with Crippen LogP contribution >= 0.6 is 11.6 Å². The molecular formula is C22H19ClF2N2O3. The minimum absolute atomic E-state index is 0.118. The van der Waals surface area contributed by atoms with Gasteiger partial charge in [-0.15, -0.1) is 0 Å². The van der Waals surface area contributed by atoms with E-state index in [0.717, 1.165) is 5.56 Å². The Morgan fingerprint density at radius 1 is 1.27 bits per heavy atom. The van der Waals surface area contributed by atoms with E-state index in [-0.39, 0.29) is 36.2 Å². The highest BCUT2D eigenvalue weighted by molar-refractivity contribution is 6.36. The Kier molecular flexibility index (Phi) is 5.49. The predicted molar refractivity (Wildman–Crippen MR) is 108 cm³/mol. The maximum Gasteiger partial charge on any atom is 0.257 e. The van der Waals surface area contributed by atoms with Crippen LogP contribution < -0.4 is 10.1 Å². The summed E-state index contributed by atoms with van der Waals surface area (Å²) in [5.41, 5.74) is 2.14. The van der Waals surface area contributed by atoms with Crippen LogP contribution in [0.25, 0.3) is 0 Å². The van der Waals surface area contributed by atoms with Gasteiger partial charge in [-0.05, 0) is 29.8 Å². The molecule has 5 nitrogen and oxygen atoms in total. The first-order valence-electron chi connectivity index (χ1n) is 9.30. The molecule has 2 aliphatic heterocycles. The Morgan fingerprint density at radius 2 is 2.00 bits per heavy atom. The summed E-state index contributed by atoms with van der Waals surface area (Å²) >= 11 is 6.35. The molecule has 2 N–H and O–H groups in total. The van der Waals surface area contributed by atoms with Crippen LogP contribution in [0.5, 0.6) is 5.75 Å². The van der Waals surface area contributed by atoms with Crippen molar-refractivity contribution >= 4 is 17.5 Å². The van der Waals surface area contributed by atoms with Gasteiger partial charge in [-0.3, -0.25) is 4.79 Å². The third kappa shape index (κ3) is 3.55. The molecule has 30 heavy (non-hydrogen) atoms.